The third-order valence-corrected chi connectivity index (χ3v) is 5.23. The van der Waals surface area contributed by atoms with Crippen LogP contribution in [-0.4, -0.2) is 8.76 Å². The van der Waals surface area contributed by atoms with Crippen LogP contribution in [0.1, 0.15) is 11.1 Å². The average molecular weight is 352 g/mol. The summed E-state index contributed by atoms with van der Waals surface area (Å²) in [5.41, 5.74) is 9.03. The van der Waals surface area contributed by atoms with E-state index >= 15 is 0 Å². The Labute approximate surface area is 150 Å². The molecule has 0 radical (unpaired) electrons. The van der Waals surface area contributed by atoms with Gasteiger partial charge in [0.15, 0.2) is 11.3 Å². The molecule has 0 aliphatic rings. The first kappa shape index (κ1) is 17.4. The number of benzene rings is 3. The van der Waals surface area contributed by atoms with Crippen LogP contribution in [0.25, 0.3) is 0 Å². The first-order chi connectivity index (χ1) is 12.1. The summed E-state index contributed by atoms with van der Waals surface area (Å²) in [6, 6.07) is 26.4. The van der Waals surface area contributed by atoms with Crippen LogP contribution < -0.4 is 9.62 Å². The number of rotatable bonds is 6. The maximum Gasteiger partial charge on any atom is 0.154 e. The minimum Gasteiger partial charge on any atom is -0.724 e. The molecule has 0 saturated carbocycles. The highest BCUT2D eigenvalue weighted by atomic mass is 32.2. The fraction of sp³-hybridized carbons (Fsp3) is 0.100. The minimum absolute atomic E-state index is 0.237. The van der Waals surface area contributed by atoms with Gasteiger partial charge in [-0.05, 0) is 6.07 Å². The van der Waals surface area contributed by atoms with E-state index in [1.165, 1.54) is 0 Å². The molecule has 0 aromatic heterocycles. The summed E-state index contributed by atoms with van der Waals surface area (Å²) in [4.78, 5) is 0. The SMILES string of the molecule is Nc1cccc([N+](Cc2ccccc2)(Cc2ccccc2)S(=O)[O-])c1. The number of quaternary nitrogens is 1. The number of nitrogens with two attached hydrogens (primary N) is 1. The van der Waals surface area contributed by atoms with Crippen molar-refractivity contribution in [2.75, 3.05) is 5.73 Å². The molecule has 25 heavy (non-hydrogen) atoms. The molecule has 2 N–H and O–H groups in total. The standard InChI is InChI=1S/C20H20N2O2S/c21-19-12-7-13-20(14-19)22(25(23)24,15-17-8-3-1-4-9-17)16-18-10-5-2-6-11-18/h1-14H,15-16,21H2. The van der Waals surface area contributed by atoms with Crippen LogP contribution in [0.4, 0.5) is 11.4 Å². The van der Waals surface area contributed by atoms with E-state index in [1.807, 2.05) is 66.7 Å². The Morgan fingerprint density at radius 3 is 1.76 bits per heavy atom. The fourth-order valence-electron chi connectivity index (χ4n) is 2.96. The lowest BCUT2D eigenvalue weighted by Gasteiger charge is -2.38. The van der Waals surface area contributed by atoms with Crippen molar-refractivity contribution in [3.63, 3.8) is 0 Å². The van der Waals surface area contributed by atoms with Crippen molar-refractivity contribution >= 4 is 22.6 Å². The molecule has 3 rings (SSSR count). The Balaban J connectivity index is 2.12. The van der Waals surface area contributed by atoms with E-state index < -0.39 is 11.3 Å². The summed E-state index contributed by atoms with van der Waals surface area (Å²) in [6.07, 6.45) is 0. The molecule has 3 aromatic rings. The quantitative estimate of drug-likeness (QED) is 0.417. The van der Waals surface area contributed by atoms with Crippen molar-refractivity contribution in [2.45, 2.75) is 13.1 Å². The fourth-order valence-corrected chi connectivity index (χ4v) is 3.76. The van der Waals surface area contributed by atoms with E-state index in [0.717, 1.165) is 11.1 Å². The van der Waals surface area contributed by atoms with Gasteiger partial charge in [0.1, 0.15) is 18.8 Å². The normalized spacial score (nSPS) is 12.7. The zero-order chi connectivity index (χ0) is 17.7. The summed E-state index contributed by atoms with van der Waals surface area (Å²) in [7, 11) is 0. The van der Waals surface area contributed by atoms with Crippen LogP contribution >= 0.6 is 0 Å². The summed E-state index contributed by atoms with van der Waals surface area (Å²) in [5.74, 6) is 0. The number of hydrogen-bond acceptors (Lipinski definition) is 3. The number of anilines is 1. The zero-order valence-corrected chi connectivity index (χ0v) is 14.6. The van der Waals surface area contributed by atoms with E-state index in [4.69, 9.17) is 5.73 Å². The van der Waals surface area contributed by atoms with Gasteiger partial charge in [-0.15, -0.1) is 0 Å². The molecule has 4 nitrogen and oxygen atoms in total. The van der Waals surface area contributed by atoms with Gasteiger partial charge in [0.2, 0.25) is 0 Å². The number of nitrogens with zero attached hydrogens (tertiary/aromatic N) is 1. The van der Waals surface area contributed by atoms with E-state index in [2.05, 4.69) is 0 Å². The second-order valence-electron chi connectivity index (χ2n) is 5.99. The minimum atomic E-state index is -2.39. The molecule has 1 unspecified atom stereocenters. The first-order valence-electron chi connectivity index (χ1n) is 8.01. The van der Waals surface area contributed by atoms with Gasteiger partial charge < -0.3 is 10.3 Å². The molecule has 0 bridgehead atoms. The topological polar surface area (TPSA) is 66.2 Å². The van der Waals surface area contributed by atoms with Crippen molar-refractivity contribution < 1.29 is 8.76 Å². The van der Waals surface area contributed by atoms with Crippen molar-refractivity contribution in [2.24, 2.45) is 0 Å². The van der Waals surface area contributed by atoms with Crippen molar-refractivity contribution in [3.8, 4) is 0 Å². The lowest BCUT2D eigenvalue weighted by atomic mass is 10.1. The third kappa shape index (κ3) is 3.96. The summed E-state index contributed by atoms with van der Waals surface area (Å²) in [6.45, 7) is 0.657. The Morgan fingerprint density at radius 2 is 1.32 bits per heavy atom. The van der Waals surface area contributed by atoms with Crippen LogP contribution in [0.3, 0.4) is 0 Å². The molecule has 0 saturated heterocycles. The summed E-state index contributed by atoms with van der Waals surface area (Å²) >= 11 is -2.39. The zero-order valence-electron chi connectivity index (χ0n) is 13.7. The molecule has 128 valence electrons. The molecule has 0 fully saturated rings. The molecular formula is C20H20N2O2S. The molecule has 0 aliphatic heterocycles. The Morgan fingerprint density at radius 1 is 0.800 bits per heavy atom. The van der Waals surface area contributed by atoms with Gasteiger partial charge in [0, 0.05) is 28.9 Å². The predicted molar refractivity (Wildman–Crippen MR) is 102 cm³/mol. The molecule has 0 spiro atoms. The molecule has 0 aliphatic carbocycles. The van der Waals surface area contributed by atoms with Crippen LogP contribution in [0.15, 0.2) is 84.9 Å². The molecule has 0 heterocycles. The van der Waals surface area contributed by atoms with Crippen molar-refractivity contribution in [3.05, 3.63) is 96.1 Å². The van der Waals surface area contributed by atoms with E-state index in [0.29, 0.717) is 24.5 Å². The van der Waals surface area contributed by atoms with Crippen LogP contribution in [0, 0.1) is 0 Å². The smallest absolute Gasteiger partial charge is 0.154 e. The lowest BCUT2D eigenvalue weighted by molar-refractivity contribution is 0.372. The second-order valence-corrected chi connectivity index (χ2v) is 7.12. The number of nitrogen functional groups attached to an aromatic ring is 1. The van der Waals surface area contributed by atoms with E-state index in [1.54, 1.807) is 18.2 Å². The van der Waals surface area contributed by atoms with Crippen molar-refractivity contribution in [1.29, 1.82) is 0 Å². The van der Waals surface area contributed by atoms with Gasteiger partial charge in [-0.3, -0.25) is 0 Å². The second kappa shape index (κ2) is 7.61. The van der Waals surface area contributed by atoms with Gasteiger partial charge >= 0.3 is 0 Å². The average Bonchev–Trinajstić information content (AvgIpc) is 2.62. The summed E-state index contributed by atoms with van der Waals surface area (Å²) in [5, 5.41) is 0. The number of hydrogen-bond donors (Lipinski definition) is 1. The Bertz CT molecular complexity index is 812. The van der Waals surface area contributed by atoms with Crippen LogP contribution in [0.5, 0.6) is 0 Å². The molecule has 3 aromatic carbocycles. The lowest BCUT2D eigenvalue weighted by Crippen LogP contribution is -2.49. The molecular weight excluding hydrogens is 332 g/mol. The molecule has 5 heteroatoms. The first-order valence-corrected chi connectivity index (χ1v) is 9.04. The van der Waals surface area contributed by atoms with Gasteiger partial charge in [-0.2, -0.15) is 0 Å². The largest absolute Gasteiger partial charge is 0.724 e. The highest BCUT2D eigenvalue weighted by Gasteiger charge is 2.34. The maximum absolute atomic E-state index is 12.5. The monoisotopic (exact) mass is 352 g/mol. The maximum atomic E-state index is 12.5. The highest BCUT2D eigenvalue weighted by Crippen LogP contribution is 2.32. The van der Waals surface area contributed by atoms with Crippen LogP contribution in [0.2, 0.25) is 0 Å². The van der Waals surface area contributed by atoms with E-state index in [9.17, 15) is 8.76 Å². The molecule has 1 atom stereocenters. The van der Waals surface area contributed by atoms with Crippen molar-refractivity contribution in [1.82, 2.24) is 3.89 Å². The van der Waals surface area contributed by atoms with Gasteiger partial charge in [-0.25, -0.2) is 8.10 Å². The predicted octanol–water partition coefficient (Wildman–Crippen LogP) is 3.77. The van der Waals surface area contributed by atoms with E-state index in [-0.39, 0.29) is 3.89 Å². The van der Waals surface area contributed by atoms with Crippen LogP contribution in [-0.2, 0) is 24.4 Å². The Kier molecular flexibility index (Phi) is 5.28. The summed E-state index contributed by atoms with van der Waals surface area (Å²) < 4.78 is 24.7. The van der Waals surface area contributed by atoms with Gasteiger partial charge in [-0.1, -0.05) is 66.7 Å². The Hall–Kier alpha value is -2.47. The van der Waals surface area contributed by atoms with Gasteiger partial charge in [0.25, 0.3) is 0 Å². The third-order valence-electron chi connectivity index (χ3n) is 4.19. The van der Waals surface area contributed by atoms with Gasteiger partial charge in [0.05, 0.1) is 0 Å². The molecule has 0 amide bonds. The highest BCUT2D eigenvalue weighted by molar-refractivity contribution is 7.78.